The number of hydrogen-bond donors (Lipinski definition) is 0. The molecule has 0 atom stereocenters. The molecule has 9 rings (SSSR count). The Morgan fingerprint density at radius 2 is 1.50 bits per heavy atom. The molecule has 0 unspecified atom stereocenters. The molecule has 0 spiro atoms. The van der Waals surface area contributed by atoms with Gasteiger partial charge in [-0.05, 0) is 75.9 Å². The fraction of sp³-hybridized carbons (Fsp3) is 0.226. The first-order valence-corrected chi connectivity index (χ1v) is 20.1. The summed E-state index contributed by atoms with van der Waals surface area (Å²) in [4.78, 5) is 14.0. The fourth-order valence-electron chi connectivity index (χ4n) is 7.56. The largest absolute Gasteiger partial charge is 0.501 e. The average molecular weight is 972 g/mol. The van der Waals surface area contributed by atoms with Gasteiger partial charge in [-0.2, -0.15) is 0 Å². The van der Waals surface area contributed by atoms with Crippen molar-refractivity contribution >= 4 is 33.1 Å². The molecule has 0 N–H and O–H groups in total. The van der Waals surface area contributed by atoms with Crippen LogP contribution >= 0.6 is 0 Å². The molecule has 60 heavy (non-hydrogen) atoms. The minimum atomic E-state index is -2.33. The average Bonchev–Trinajstić information content (AvgIpc) is 3.81. The van der Waals surface area contributed by atoms with E-state index in [1.165, 1.54) is 34.0 Å². The van der Waals surface area contributed by atoms with Crippen molar-refractivity contribution in [1.82, 2.24) is 19.5 Å². The summed E-state index contributed by atoms with van der Waals surface area (Å²) >= 11 is 0. The van der Waals surface area contributed by atoms with E-state index in [-0.39, 0.29) is 36.6 Å². The summed E-state index contributed by atoms with van der Waals surface area (Å²) in [7, 11) is 0. The van der Waals surface area contributed by atoms with E-state index in [4.69, 9.17) is 13.5 Å². The topological polar surface area (TPSA) is 56.7 Å². The van der Waals surface area contributed by atoms with Gasteiger partial charge in [-0.3, -0.25) is 9.37 Å². The maximum Gasteiger partial charge on any atom is 0.168 e. The number of fused-ring (bicyclic) bond motifs is 4. The Balaban J connectivity index is 0.000000229. The van der Waals surface area contributed by atoms with Crippen molar-refractivity contribution < 1.29 is 33.0 Å². The predicted molar refractivity (Wildman–Crippen MR) is 241 cm³/mol. The van der Waals surface area contributed by atoms with Crippen molar-refractivity contribution in [3.8, 4) is 39.5 Å². The third kappa shape index (κ3) is 8.21. The van der Waals surface area contributed by atoms with Crippen LogP contribution in [0.1, 0.15) is 92.2 Å². The standard InChI is InChI=1S/C37H32N3O.C16H17FN.Ir/c1-22(2)27-9-6-10-28(23(3)4)34(27)40-32-13-8-20-38-36(32)39-37(40)31-12-7-11-30-29-19-18-26(21-33(29)41-35(30)31)25-16-14-24(5)15-17-25;1-11-5-7-13(14(17)9-11)15-8-6-12(10-18-15)16(2,3)4;/h6-11,13-23H,1-5H3;5-6,8-10H,1-4H3;/q2*-1;/i;1D3;. The van der Waals surface area contributed by atoms with Gasteiger partial charge in [-0.1, -0.05) is 144 Å². The van der Waals surface area contributed by atoms with E-state index >= 15 is 0 Å². The van der Waals surface area contributed by atoms with Gasteiger partial charge in [-0.15, -0.1) is 42.0 Å². The summed E-state index contributed by atoms with van der Waals surface area (Å²) in [6.45, 7) is 15.0. The first-order chi connectivity index (χ1) is 29.5. The van der Waals surface area contributed by atoms with Crippen LogP contribution in [0, 0.1) is 31.7 Å². The second kappa shape index (κ2) is 17.1. The van der Waals surface area contributed by atoms with E-state index in [1.54, 1.807) is 18.5 Å². The van der Waals surface area contributed by atoms with Crippen molar-refractivity contribution in [3.63, 3.8) is 0 Å². The van der Waals surface area contributed by atoms with E-state index < -0.39 is 12.7 Å². The zero-order valence-electron chi connectivity index (χ0n) is 38.1. The Morgan fingerprint density at radius 1 is 0.767 bits per heavy atom. The molecule has 5 nitrogen and oxygen atoms in total. The molecule has 5 aromatic carbocycles. The maximum absolute atomic E-state index is 14.1. The Kier molecular flexibility index (Phi) is 10.9. The SMILES string of the molecule is Cc1ccc(-c2ccc3c(c2)oc2c(-c4nc5ncccc5n4-c4c(C(C)C)cccc4C(C)C)[c-]ccc23)cc1.[2H]C([2H])([2H])c1c[c-]c(-c2ccc(C(C)(C)C)cn2)c(F)c1.[Ir]. The molecule has 0 fully saturated rings. The van der Waals surface area contributed by atoms with Crippen molar-refractivity contribution in [2.45, 2.75) is 79.5 Å². The van der Waals surface area contributed by atoms with Gasteiger partial charge in [0.15, 0.2) is 5.65 Å². The van der Waals surface area contributed by atoms with Crippen LogP contribution in [0.25, 0.3) is 72.6 Å². The number of hydrogen-bond acceptors (Lipinski definition) is 4. The molecular formula is C53H49FIrN4O-2. The zero-order chi connectivity index (χ0) is 44.1. The van der Waals surface area contributed by atoms with Gasteiger partial charge >= 0.3 is 0 Å². The third-order valence-electron chi connectivity index (χ3n) is 10.8. The quantitative estimate of drug-likeness (QED) is 0.156. The van der Waals surface area contributed by atoms with E-state index in [0.29, 0.717) is 23.2 Å². The van der Waals surface area contributed by atoms with Crippen LogP contribution in [0.3, 0.4) is 0 Å². The van der Waals surface area contributed by atoms with Crippen LogP contribution in [0.2, 0.25) is 0 Å². The zero-order valence-corrected chi connectivity index (χ0v) is 37.5. The number of para-hydroxylation sites is 1. The molecule has 0 amide bonds. The van der Waals surface area contributed by atoms with Crippen molar-refractivity contribution in [2.24, 2.45) is 0 Å². The van der Waals surface area contributed by atoms with Gasteiger partial charge in [-0.25, -0.2) is 4.98 Å². The van der Waals surface area contributed by atoms with Gasteiger partial charge < -0.3 is 14.0 Å². The molecule has 0 aliphatic carbocycles. The Bertz CT molecular complexity index is 3040. The number of imidazole rings is 1. The molecule has 0 saturated heterocycles. The summed E-state index contributed by atoms with van der Waals surface area (Å²) in [6.07, 6.45) is 3.51. The monoisotopic (exact) mass is 972 g/mol. The molecule has 4 aromatic heterocycles. The van der Waals surface area contributed by atoms with Crippen LogP contribution in [-0.4, -0.2) is 19.5 Å². The van der Waals surface area contributed by atoms with Gasteiger partial charge in [0.2, 0.25) is 0 Å². The first-order valence-electron chi connectivity index (χ1n) is 21.6. The Morgan fingerprint density at radius 3 is 2.15 bits per heavy atom. The van der Waals surface area contributed by atoms with Gasteiger partial charge in [0.05, 0.1) is 16.9 Å². The van der Waals surface area contributed by atoms with E-state index in [2.05, 4.69) is 155 Å². The number of aryl methyl sites for hydroxylation is 2. The van der Waals surface area contributed by atoms with Crippen LogP contribution < -0.4 is 0 Å². The smallest absolute Gasteiger partial charge is 0.168 e. The van der Waals surface area contributed by atoms with Gasteiger partial charge in [0.25, 0.3) is 0 Å². The van der Waals surface area contributed by atoms with Gasteiger partial charge in [0.1, 0.15) is 5.58 Å². The van der Waals surface area contributed by atoms with Crippen LogP contribution in [0.4, 0.5) is 4.39 Å². The number of aromatic nitrogens is 4. The molecule has 305 valence electrons. The molecule has 1 radical (unpaired) electrons. The minimum absolute atomic E-state index is 0. The van der Waals surface area contributed by atoms with E-state index in [9.17, 15) is 4.39 Å². The Hall–Kier alpha value is -5.75. The third-order valence-corrected chi connectivity index (χ3v) is 10.8. The molecule has 0 aliphatic rings. The normalized spacial score (nSPS) is 12.6. The van der Waals surface area contributed by atoms with E-state index in [1.807, 2.05) is 18.2 Å². The number of pyridine rings is 2. The number of halogens is 1. The van der Waals surface area contributed by atoms with Crippen LogP contribution in [0.5, 0.6) is 0 Å². The fourth-order valence-corrected chi connectivity index (χ4v) is 7.56. The van der Waals surface area contributed by atoms with E-state index in [0.717, 1.165) is 56.0 Å². The number of rotatable bonds is 6. The molecule has 0 saturated carbocycles. The summed E-state index contributed by atoms with van der Waals surface area (Å²) in [5, 5.41) is 2.13. The van der Waals surface area contributed by atoms with Crippen LogP contribution in [0.15, 0.2) is 126 Å². The summed E-state index contributed by atoms with van der Waals surface area (Å²) in [5.41, 5.74) is 13.0. The maximum atomic E-state index is 14.1. The summed E-state index contributed by atoms with van der Waals surface area (Å²) < 4.78 is 44.8. The van der Waals surface area contributed by atoms with Crippen molar-refractivity contribution in [2.75, 3.05) is 0 Å². The number of furan rings is 1. The van der Waals surface area contributed by atoms with Gasteiger partial charge in [0, 0.05) is 53.5 Å². The second-order valence-corrected chi connectivity index (χ2v) is 16.8. The predicted octanol–water partition coefficient (Wildman–Crippen LogP) is 14.3. The summed E-state index contributed by atoms with van der Waals surface area (Å²) in [6, 6.07) is 42.0. The number of benzene rings is 5. The molecule has 7 heteroatoms. The Labute approximate surface area is 370 Å². The molecule has 0 aliphatic heterocycles. The van der Waals surface area contributed by atoms with Crippen LogP contribution in [-0.2, 0) is 25.5 Å². The molecule has 4 heterocycles. The minimum Gasteiger partial charge on any atom is -0.501 e. The summed E-state index contributed by atoms with van der Waals surface area (Å²) in [5.74, 6) is 0.824. The molecule has 0 bridgehead atoms. The van der Waals surface area contributed by atoms with Crippen molar-refractivity contribution in [3.05, 3.63) is 167 Å². The second-order valence-electron chi connectivity index (χ2n) is 16.8. The first kappa shape index (κ1) is 38.5. The van der Waals surface area contributed by atoms with Crippen molar-refractivity contribution in [1.29, 1.82) is 0 Å². The molecular weight excluding hydrogens is 920 g/mol. The number of nitrogens with zero attached hydrogens (tertiary/aromatic N) is 4. The molecule has 9 aromatic rings.